The molecule has 0 aliphatic carbocycles. The van der Waals surface area contributed by atoms with Gasteiger partial charge < -0.3 is 15.4 Å². The summed E-state index contributed by atoms with van der Waals surface area (Å²) in [5, 5.41) is 0. The molecule has 1 aromatic carbocycles. The lowest BCUT2D eigenvalue weighted by Crippen LogP contribution is -2.30. The number of anilines is 1. The van der Waals surface area contributed by atoms with Crippen molar-refractivity contribution in [1.29, 1.82) is 0 Å². The van der Waals surface area contributed by atoms with Crippen LogP contribution in [0.2, 0.25) is 0 Å². The Morgan fingerprint density at radius 3 is 2.72 bits per heavy atom. The van der Waals surface area contributed by atoms with Crippen LogP contribution in [0.5, 0.6) is 5.75 Å². The van der Waals surface area contributed by atoms with Crippen LogP contribution >= 0.6 is 0 Å². The molecule has 3 heteroatoms. The summed E-state index contributed by atoms with van der Waals surface area (Å²) in [7, 11) is 1.70. The van der Waals surface area contributed by atoms with Gasteiger partial charge >= 0.3 is 0 Å². The van der Waals surface area contributed by atoms with E-state index in [0.717, 1.165) is 30.8 Å². The maximum Gasteiger partial charge on any atom is 0.125 e. The zero-order valence-electron chi connectivity index (χ0n) is 11.4. The molecule has 0 saturated carbocycles. The highest BCUT2D eigenvalue weighted by Gasteiger charge is 2.18. The molecular weight excluding hydrogens is 224 g/mol. The number of ether oxygens (including phenoxy) is 1. The zero-order valence-corrected chi connectivity index (χ0v) is 11.4. The standard InChI is InChI=1S/C15H22N2O/c1-11-7-9-17(10-8-11)13-5-4-6-14(18-3)15(13)12(2)16/h4-7,12H,8-10,16H2,1-3H3/t12-/m0/s1. The Labute approximate surface area is 109 Å². The Morgan fingerprint density at radius 1 is 1.39 bits per heavy atom. The minimum absolute atomic E-state index is 0.0249. The second kappa shape index (κ2) is 5.44. The van der Waals surface area contributed by atoms with E-state index in [4.69, 9.17) is 10.5 Å². The fourth-order valence-corrected chi connectivity index (χ4v) is 2.43. The van der Waals surface area contributed by atoms with E-state index in [-0.39, 0.29) is 6.04 Å². The summed E-state index contributed by atoms with van der Waals surface area (Å²) < 4.78 is 5.44. The van der Waals surface area contributed by atoms with Gasteiger partial charge in [-0.1, -0.05) is 17.7 Å². The second-order valence-electron chi connectivity index (χ2n) is 4.93. The highest BCUT2D eigenvalue weighted by Crippen LogP contribution is 2.34. The molecule has 0 spiro atoms. The number of hydrogen-bond donors (Lipinski definition) is 1. The Bertz CT molecular complexity index is 452. The van der Waals surface area contributed by atoms with Crippen LogP contribution in [0.15, 0.2) is 29.8 Å². The minimum Gasteiger partial charge on any atom is -0.496 e. The van der Waals surface area contributed by atoms with Crippen molar-refractivity contribution in [2.24, 2.45) is 5.73 Å². The first-order chi connectivity index (χ1) is 8.63. The maximum absolute atomic E-state index is 6.10. The molecule has 0 amide bonds. The van der Waals surface area contributed by atoms with E-state index in [2.05, 4.69) is 24.0 Å². The van der Waals surface area contributed by atoms with Crippen LogP contribution in [0.1, 0.15) is 31.9 Å². The maximum atomic E-state index is 6.10. The van der Waals surface area contributed by atoms with Crippen LogP contribution in [0, 0.1) is 0 Å². The van der Waals surface area contributed by atoms with Crippen molar-refractivity contribution in [1.82, 2.24) is 0 Å². The Kier molecular flexibility index (Phi) is 3.92. The summed E-state index contributed by atoms with van der Waals surface area (Å²) in [4.78, 5) is 2.37. The number of rotatable bonds is 3. The first-order valence-electron chi connectivity index (χ1n) is 6.46. The van der Waals surface area contributed by atoms with Crippen LogP contribution < -0.4 is 15.4 Å². The number of hydrogen-bond acceptors (Lipinski definition) is 3. The molecule has 1 heterocycles. The molecule has 0 unspecified atom stereocenters. The average Bonchev–Trinajstić information content (AvgIpc) is 2.38. The Morgan fingerprint density at radius 2 is 2.17 bits per heavy atom. The van der Waals surface area contributed by atoms with E-state index >= 15 is 0 Å². The van der Waals surface area contributed by atoms with Crippen LogP contribution in [-0.4, -0.2) is 20.2 Å². The first-order valence-corrected chi connectivity index (χ1v) is 6.46. The van der Waals surface area contributed by atoms with Gasteiger partial charge in [0.15, 0.2) is 0 Å². The lowest BCUT2D eigenvalue weighted by molar-refractivity contribution is 0.407. The van der Waals surface area contributed by atoms with E-state index in [1.807, 2.05) is 19.1 Å². The van der Waals surface area contributed by atoms with Crippen molar-refractivity contribution in [3.05, 3.63) is 35.4 Å². The molecule has 0 fully saturated rings. The molecule has 2 N–H and O–H groups in total. The summed E-state index contributed by atoms with van der Waals surface area (Å²) >= 11 is 0. The fourth-order valence-electron chi connectivity index (χ4n) is 2.43. The van der Waals surface area contributed by atoms with Gasteiger partial charge in [-0.3, -0.25) is 0 Å². The molecule has 1 aromatic rings. The van der Waals surface area contributed by atoms with E-state index in [9.17, 15) is 0 Å². The molecule has 2 rings (SSSR count). The van der Waals surface area contributed by atoms with Gasteiger partial charge in [0.2, 0.25) is 0 Å². The van der Waals surface area contributed by atoms with Gasteiger partial charge in [0, 0.05) is 30.4 Å². The fraction of sp³-hybridized carbons (Fsp3) is 0.467. The van der Waals surface area contributed by atoms with Gasteiger partial charge in [-0.05, 0) is 32.4 Å². The van der Waals surface area contributed by atoms with E-state index in [0.29, 0.717) is 0 Å². The van der Waals surface area contributed by atoms with Crippen molar-refractivity contribution in [2.45, 2.75) is 26.3 Å². The third-order valence-electron chi connectivity index (χ3n) is 3.50. The third-order valence-corrected chi connectivity index (χ3v) is 3.50. The molecule has 0 aromatic heterocycles. The molecule has 3 nitrogen and oxygen atoms in total. The Hall–Kier alpha value is -1.48. The molecule has 0 saturated heterocycles. The number of nitrogens with two attached hydrogens (primary N) is 1. The summed E-state index contributed by atoms with van der Waals surface area (Å²) in [5.41, 5.74) is 9.88. The normalized spacial score (nSPS) is 17.3. The molecule has 18 heavy (non-hydrogen) atoms. The van der Waals surface area contributed by atoms with Gasteiger partial charge in [0.05, 0.1) is 7.11 Å². The number of nitrogens with zero attached hydrogens (tertiary/aromatic N) is 1. The molecule has 1 atom stereocenters. The van der Waals surface area contributed by atoms with Crippen LogP contribution in [-0.2, 0) is 0 Å². The van der Waals surface area contributed by atoms with Gasteiger partial charge in [-0.25, -0.2) is 0 Å². The van der Waals surface area contributed by atoms with Crippen LogP contribution in [0.25, 0.3) is 0 Å². The van der Waals surface area contributed by atoms with Crippen LogP contribution in [0.4, 0.5) is 5.69 Å². The van der Waals surface area contributed by atoms with Gasteiger partial charge in [-0.15, -0.1) is 0 Å². The van der Waals surface area contributed by atoms with Crippen molar-refractivity contribution in [2.75, 3.05) is 25.1 Å². The summed E-state index contributed by atoms with van der Waals surface area (Å²) in [6.07, 6.45) is 3.41. The van der Waals surface area contributed by atoms with Gasteiger partial charge in [-0.2, -0.15) is 0 Å². The van der Waals surface area contributed by atoms with Crippen molar-refractivity contribution >= 4 is 5.69 Å². The van der Waals surface area contributed by atoms with Crippen molar-refractivity contribution in [3.8, 4) is 5.75 Å². The van der Waals surface area contributed by atoms with E-state index in [1.54, 1.807) is 7.11 Å². The first kappa shape index (κ1) is 13.0. The minimum atomic E-state index is -0.0249. The largest absolute Gasteiger partial charge is 0.496 e. The summed E-state index contributed by atoms with van der Waals surface area (Å²) in [6.45, 7) is 6.20. The monoisotopic (exact) mass is 246 g/mol. The lowest BCUT2D eigenvalue weighted by Gasteiger charge is -2.31. The van der Waals surface area contributed by atoms with E-state index < -0.39 is 0 Å². The SMILES string of the molecule is COc1cccc(N2CC=C(C)CC2)c1[C@H](C)N. The lowest BCUT2D eigenvalue weighted by atomic mass is 10.0. The average molecular weight is 246 g/mol. The van der Waals surface area contributed by atoms with Gasteiger partial charge in [0.1, 0.15) is 5.75 Å². The number of benzene rings is 1. The highest BCUT2D eigenvalue weighted by molar-refractivity contribution is 5.61. The second-order valence-corrected chi connectivity index (χ2v) is 4.93. The molecule has 0 bridgehead atoms. The van der Waals surface area contributed by atoms with Crippen molar-refractivity contribution < 1.29 is 4.74 Å². The molecule has 1 aliphatic rings. The Balaban J connectivity index is 2.38. The summed E-state index contributed by atoms with van der Waals surface area (Å²) in [6, 6.07) is 6.12. The summed E-state index contributed by atoms with van der Waals surface area (Å²) in [5.74, 6) is 0.883. The smallest absolute Gasteiger partial charge is 0.125 e. The molecule has 98 valence electrons. The van der Waals surface area contributed by atoms with Gasteiger partial charge in [0.25, 0.3) is 0 Å². The topological polar surface area (TPSA) is 38.5 Å². The number of methoxy groups -OCH3 is 1. The predicted octanol–water partition coefficient (Wildman–Crippen LogP) is 2.87. The third kappa shape index (κ3) is 2.51. The quantitative estimate of drug-likeness (QED) is 0.833. The molecule has 1 aliphatic heterocycles. The zero-order chi connectivity index (χ0) is 13.1. The van der Waals surface area contributed by atoms with Crippen molar-refractivity contribution in [3.63, 3.8) is 0 Å². The highest BCUT2D eigenvalue weighted by atomic mass is 16.5. The van der Waals surface area contributed by atoms with Crippen LogP contribution in [0.3, 0.4) is 0 Å². The van der Waals surface area contributed by atoms with E-state index in [1.165, 1.54) is 11.3 Å². The molecule has 0 radical (unpaired) electrons. The molecular formula is C15H22N2O. The predicted molar refractivity (Wildman–Crippen MR) is 76.2 cm³/mol.